The Balaban J connectivity index is 1.71. The lowest BCUT2D eigenvalue weighted by atomic mass is 9.90. The molecule has 1 fully saturated rings. The molecule has 1 N–H and O–H groups in total. The Morgan fingerprint density at radius 1 is 1.36 bits per heavy atom. The van der Waals surface area contributed by atoms with Gasteiger partial charge in [0.15, 0.2) is 0 Å². The molecule has 0 saturated heterocycles. The van der Waals surface area contributed by atoms with Crippen LogP contribution >= 0.6 is 15.9 Å². The molecule has 1 aliphatic rings. The summed E-state index contributed by atoms with van der Waals surface area (Å²) in [5.41, 5.74) is 0.612. The molecule has 28 heavy (non-hydrogen) atoms. The molecule has 0 aliphatic heterocycles. The smallest absolute Gasteiger partial charge is 0.266 e. The van der Waals surface area contributed by atoms with Gasteiger partial charge < -0.3 is 15.0 Å². The number of halogens is 1. The number of ether oxygens (including phenoxy) is 1. The monoisotopic (exact) mass is 451 g/mol. The SMILES string of the molecule is COCCN(C)[C@H]1CC[C@H](Nc2ncc3cc(Br)c(=O)n(C(C)C)c3n2)CC1. The van der Waals surface area contributed by atoms with Crippen LogP contribution in [0.2, 0.25) is 0 Å². The van der Waals surface area contributed by atoms with E-state index < -0.39 is 0 Å². The largest absolute Gasteiger partial charge is 0.383 e. The van der Waals surface area contributed by atoms with Crippen molar-refractivity contribution in [2.75, 3.05) is 32.6 Å². The highest BCUT2D eigenvalue weighted by Crippen LogP contribution is 2.25. The summed E-state index contributed by atoms with van der Waals surface area (Å²) in [5, 5.41) is 4.34. The molecule has 8 heteroatoms. The lowest BCUT2D eigenvalue weighted by Crippen LogP contribution is -2.39. The van der Waals surface area contributed by atoms with E-state index >= 15 is 0 Å². The normalized spacial score (nSPS) is 20.2. The topological polar surface area (TPSA) is 72.3 Å². The number of rotatable bonds is 7. The third-order valence-electron chi connectivity index (χ3n) is 5.55. The van der Waals surface area contributed by atoms with Gasteiger partial charge in [-0.1, -0.05) is 0 Å². The first-order valence-electron chi connectivity index (χ1n) is 9.94. The molecule has 2 aromatic rings. The van der Waals surface area contributed by atoms with Gasteiger partial charge in [0.2, 0.25) is 5.95 Å². The van der Waals surface area contributed by atoms with Crippen LogP contribution in [0, 0.1) is 0 Å². The van der Waals surface area contributed by atoms with Gasteiger partial charge in [-0.25, -0.2) is 4.98 Å². The first-order chi connectivity index (χ1) is 13.4. The van der Waals surface area contributed by atoms with Crippen LogP contribution in [0.3, 0.4) is 0 Å². The number of hydrogen-bond donors (Lipinski definition) is 1. The van der Waals surface area contributed by atoms with Crippen LogP contribution in [0.15, 0.2) is 21.5 Å². The molecule has 2 aromatic heterocycles. The third kappa shape index (κ3) is 4.72. The summed E-state index contributed by atoms with van der Waals surface area (Å²) in [6.45, 7) is 5.72. The third-order valence-corrected chi connectivity index (χ3v) is 6.12. The second kappa shape index (κ2) is 9.33. The van der Waals surface area contributed by atoms with Gasteiger partial charge in [0.1, 0.15) is 5.65 Å². The van der Waals surface area contributed by atoms with E-state index in [0.29, 0.717) is 28.2 Å². The highest BCUT2D eigenvalue weighted by Gasteiger charge is 2.24. The number of likely N-dealkylation sites (N-methyl/N-ethyl adjacent to an activating group) is 1. The van der Waals surface area contributed by atoms with Crippen molar-refractivity contribution in [3.05, 3.63) is 27.1 Å². The molecule has 1 saturated carbocycles. The fourth-order valence-corrected chi connectivity index (χ4v) is 4.33. The summed E-state index contributed by atoms with van der Waals surface area (Å²) in [6.07, 6.45) is 6.25. The molecule has 154 valence electrons. The Bertz CT molecular complexity index is 862. The first kappa shape index (κ1) is 21.2. The second-order valence-electron chi connectivity index (χ2n) is 7.86. The van der Waals surface area contributed by atoms with Crippen molar-refractivity contribution in [2.24, 2.45) is 0 Å². The van der Waals surface area contributed by atoms with Gasteiger partial charge in [0.25, 0.3) is 5.56 Å². The van der Waals surface area contributed by atoms with Crippen molar-refractivity contribution < 1.29 is 4.74 Å². The predicted octanol–water partition coefficient (Wildman–Crippen LogP) is 3.44. The molecule has 0 bridgehead atoms. The second-order valence-corrected chi connectivity index (χ2v) is 8.71. The van der Waals surface area contributed by atoms with Crippen molar-refractivity contribution >= 4 is 32.9 Å². The highest BCUT2D eigenvalue weighted by atomic mass is 79.9. The fourth-order valence-electron chi connectivity index (χ4n) is 3.90. The van der Waals surface area contributed by atoms with E-state index in [9.17, 15) is 4.79 Å². The lowest BCUT2D eigenvalue weighted by molar-refractivity contribution is 0.121. The van der Waals surface area contributed by atoms with E-state index in [1.54, 1.807) is 23.9 Å². The van der Waals surface area contributed by atoms with Crippen LogP contribution in [0.25, 0.3) is 11.0 Å². The molecule has 0 unspecified atom stereocenters. The van der Waals surface area contributed by atoms with E-state index in [2.05, 4.69) is 43.2 Å². The van der Waals surface area contributed by atoms with Gasteiger partial charge in [-0.2, -0.15) is 4.98 Å². The Labute approximate surface area is 174 Å². The minimum atomic E-state index is -0.0632. The van der Waals surface area contributed by atoms with Gasteiger partial charge in [-0.15, -0.1) is 0 Å². The average Bonchev–Trinajstić information content (AvgIpc) is 2.67. The molecule has 1 aliphatic carbocycles. The molecule has 7 nitrogen and oxygen atoms in total. The van der Waals surface area contributed by atoms with Crippen LogP contribution in [0.4, 0.5) is 5.95 Å². The maximum atomic E-state index is 12.5. The van der Waals surface area contributed by atoms with E-state index in [1.165, 1.54) is 0 Å². The van der Waals surface area contributed by atoms with Crippen LogP contribution < -0.4 is 10.9 Å². The predicted molar refractivity (Wildman–Crippen MR) is 116 cm³/mol. The van der Waals surface area contributed by atoms with Gasteiger partial charge in [0.05, 0.1) is 11.1 Å². The van der Waals surface area contributed by atoms with E-state index in [-0.39, 0.29) is 11.6 Å². The Morgan fingerprint density at radius 2 is 2.07 bits per heavy atom. The van der Waals surface area contributed by atoms with E-state index in [1.807, 2.05) is 13.8 Å². The maximum absolute atomic E-state index is 12.5. The quantitative estimate of drug-likeness (QED) is 0.694. The minimum absolute atomic E-state index is 0.0216. The molecule has 0 spiro atoms. The molecule has 2 heterocycles. The van der Waals surface area contributed by atoms with Crippen molar-refractivity contribution in [1.29, 1.82) is 0 Å². The minimum Gasteiger partial charge on any atom is -0.383 e. The number of nitrogens with zero attached hydrogens (tertiary/aromatic N) is 4. The van der Waals surface area contributed by atoms with Crippen LogP contribution in [0.1, 0.15) is 45.6 Å². The fraction of sp³-hybridized carbons (Fsp3) is 0.650. The summed E-state index contributed by atoms with van der Waals surface area (Å²) < 4.78 is 7.44. The zero-order valence-corrected chi connectivity index (χ0v) is 18.7. The van der Waals surface area contributed by atoms with Gasteiger partial charge in [-0.3, -0.25) is 9.36 Å². The van der Waals surface area contributed by atoms with Crippen molar-refractivity contribution in [3.63, 3.8) is 0 Å². The van der Waals surface area contributed by atoms with Crippen molar-refractivity contribution in [3.8, 4) is 0 Å². The van der Waals surface area contributed by atoms with Gasteiger partial charge >= 0.3 is 0 Å². The maximum Gasteiger partial charge on any atom is 0.266 e. The van der Waals surface area contributed by atoms with E-state index in [0.717, 1.165) is 44.2 Å². The standard InChI is InChI=1S/C20H30BrN5O2/c1-13(2)26-18-14(11-17(21)19(26)27)12-22-20(24-18)23-15-5-7-16(8-6-15)25(3)9-10-28-4/h11-13,15-16H,5-10H2,1-4H3,(H,22,23,24)/t15-,16-. The number of fused-ring (bicyclic) bond motifs is 1. The molecule has 3 rings (SSSR count). The Kier molecular flexibility index (Phi) is 7.06. The van der Waals surface area contributed by atoms with Gasteiger partial charge in [-0.05, 0) is 68.6 Å². The van der Waals surface area contributed by atoms with Crippen molar-refractivity contribution in [2.45, 2.75) is 57.7 Å². The number of nitrogens with one attached hydrogen (secondary N) is 1. The molecule has 0 aromatic carbocycles. The van der Waals surface area contributed by atoms with Gasteiger partial charge in [0, 0.05) is 43.4 Å². The van der Waals surface area contributed by atoms with Crippen molar-refractivity contribution in [1.82, 2.24) is 19.4 Å². The number of methoxy groups -OCH3 is 1. The van der Waals surface area contributed by atoms with Crippen LogP contribution in [-0.4, -0.2) is 58.8 Å². The summed E-state index contributed by atoms with van der Waals surface area (Å²) in [5.74, 6) is 0.597. The molecule has 0 radical (unpaired) electrons. The zero-order chi connectivity index (χ0) is 20.3. The zero-order valence-electron chi connectivity index (χ0n) is 17.1. The molecule has 0 amide bonds. The Hall–Kier alpha value is -1.51. The molecular formula is C20H30BrN5O2. The number of anilines is 1. The first-order valence-corrected chi connectivity index (χ1v) is 10.7. The highest BCUT2D eigenvalue weighted by molar-refractivity contribution is 9.10. The summed E-state index contributed by atoms with van der Waals surface area (Å²) >= 11 is 3.35. The van der Waals surface area contributed by atoms with E-state index in [4.69, 9.17) is 4.74 Å². The molecule has 0 atom stereocenters. The Morgan fingerprint density at radius 3 is 2.71 bits per heavy atom. The van der Waals surface area contributed by atoms with Crippen LogP contribution in [0.5, 0.6) is 0 Å². The average molecular weight is 452 g/mol. The summed E-state index contributed by atoms with van der Waals surface area (Å²) in [7, 11) is 3.92. The summed E-state index contributed by atoms with van der Waals surface area (Å²) in [4.78, 5) is 24.1. The number of aromatic nitrogens is 3. The number of hydrogen-bond acceptors (Lipinski definition) is 6. The number of pyridine rings is 1. The summed E-state index contributed by atoms with van der Waals surface area (Å²) in [6, 6.07) is 2.78. The molecular weight excluding hydrogens is 422 g/mol. The lowest BCUT2D eigenvalue weighted by Gasteiger charge is -2.34. The van der Waals surface area contributed by atoms with Crippen LogP contribution in [-0.2, 0) is 4.74 Å².